The first-order chi connectivity index (χ1) is 11.5. The van der Waals surface area contributed by atoms with E-state index in [1.165, 1.54) is 0 Å². The molecular weight excluding hydrogens is 304 g/mol. The van der Waals surface area contributed by atoms with Crippen LogP contribution >= 0.6 is 0 Å². The molecule has 0 unspecified atom stereocenters. The molecule has 5 heteroatoms. The van der Waals surface area contributed by atoms with E-state index in [0.717, 1.165) is 31.6 Å². The highest BCUT2D eigenvalue weighted by Crippen LogP contribution is 2.36. The number of carbonyl (C=O) groups is 1. The minimum Gasteiger partial charge on any atom is -0.490 e. The van der Waals surface area contributed by atoms with Crippen LogP contribution in [0.5, 0.6) is 5.75 Å². The van der Waals surface area contributed by atoms with Crippen LogP contribution in [0, 0.1) is 5.92 Å². The van der Waals surface area contributed by atoms with Crippen LogP contribution < -0.4 is 10.5 Å². The summed E-state index contributed by atoms with van der Waals surface area (Å²) in [6, 6.07) is 5.59. The largest absolute Gasteiger partial charge is 0.490 e. The molecule has 3 N–H and O–H groups in total. The summed E-state index contributed by atoms with van der Waals surface area (Å²) in [6.45, 7) is 4.14. The monoisotopic (exact) mass is 328 g/mol. The number of benzene rings is 1. The Hall–Kier alpha value is -2.30. The van der Waals surface area contributed by atoms with Gasteiger partial charge >= 0.3 is 5.97 Å². The minimum atomic E-state index is -1.04. The van der Waals surface area contributed by atoms with Crippen LogP contribution in [-0.4, -0.2) is 22.2 Å². The third-order valence-corrected chi connectivity index (χ3v) is 4.89. The Morgan fingerprint density at radius 2 is 2.04 bits per heavy atom. The second kappa shape index (κ2) is 6.67. The summed E-state index contributed by atoms with van der Waals surface area (Å²) in [6.07, 6.45) is 5.03. The molecule has 0 amide bonds. The van der Waals surface area contributed by atoms with Crippen molar-refractivity contribution >= 4 is 22.6 Å². The van der Waals surface area contributed by atoms with Crippen LogP contribution in [0.3, 0.4) is 0 Å². The predicted octanol–water partition coefficient (Wildman–Crippen LogP) is 4.04. The summed E-state index contributed by atoms with van der Waals surface area (Å²) in [4.78, 5) is 16.1. The van der Waals surface area contributed by atoms with Gasteiger partial charge < -0.3 is 15.6 Å². The fraction of sp³-hybridized carbons (Fsp3) is 0.474. The number of carboxylic acid groups (broad SMARTS) is 1. The quantitative estimate of drug-likeness (QED) is 0.885. The molecule has 0 spiro atoms. The number of nitrogens with two attached hydrogens (primary N) is 1. The summed E-state index contributed by atoms with van der Waals surface area (Å²) in [5.74, 6) is 0.345. The Kier molecular flexibility index (Phi) is 4.60. The Morgan fingerprint density at radius 1 is 1.33 bits per heavy atom. The highest BCUT2D eigenvalue weighted by molar-refractivity contribution is 6.06. The van der Waals surface area contributed by atoms with E-state index >= 15 is 0 Å². The Morgan fingerprint density at radius 3 is 2.67 bits per heavy atom. The van der Waals surface area contributed by atoms with E-state index < -0.39 is 5.97 Å². The Balaban J connectivity index is 2.05. The van der Waals surface area contributed by atoms with Gasteiger partial charge in [0.25, 0.3) is 0 Å². The Bertz CT molecular complexity index is 765. The van der Waals surface area contributed by atoms with Crippen LogP contribution in [0.25, 0.3) is 10.9 Å². The van der Waals surface area contributed by atoms with Crippen molar-refractivity contribution < 1.29 is 14.6 Å². The predicted molar refractivity (Wildman–Crippen MR) is 94.5 cm³/mol. The molecule has 2 aromatic rings. The number of rotatable bonds is 4. The SMILES string of the molecule is CCc1nc2cccc(OC3CCC(C)CC3)c2c(N)c1C(=O)O. The lowest BCUT2D eigenvalue weighted by Crippen LogP contribution is -2.23. The number of carboxylic acids is 1. The van der Waals surface area contributed by atoms with Gasteiger partial charge in [-0.05, 0) is 50.2 Å². The number of hydrogen-bond donors (Lipinski definition) is 2. The summed E-state index contributed by atoms with van der Waals surface area (Å²) >= 11 is 0. The normalized spacial score (nSPS) is 20.9. The van der Waals surface area contributed by atoms with Crippen molar-refractivity contribution in [3.8, 4) is 5.75 Å². The molecule has 1 fully saturated rings. The van der Waals surface area contributed by atoms with E-state index in [2.05, 4.69) is 11.9 Å². The number of anilines is 1. The van der Waals surface area contributed by atoms with Gasteiger partial charge in [-0.25, -0.2) is 4.79 Å². The molecule has 1 aliphatic rings. The molecule has 1 saturated carbocycles. The van der Waals surface area contributed by atoms with E-state index in [9.17, 15) is 9.90 Å². The fourth-order valence-corrected chi connectivity index (χ4v) is 3.48. The average Bonchev–Trinajstić information content (AvgIpc) is 2.56. The number of hydrogen-bond acceptors (Lipinski definition) is 4. The third-order valence-electron chi connectivity index (χ3n) is 4.89. The molecule has 0 saturated heterocycles. The number of nitrogens with zero attached hydrogens (tertiary/aromatic N) is 1. The molecule has 1 aromatic heterocycles. The number of pyridine rings is 1. The van der Waals surface area contributed by atoms with Crippen LogP contribution in [-0.2, 0) is 6.42 Å². The van der Waals surface area contributed by atoms with E-state index in [4.69, 9.17) is 10.5 Å². The molecule has 0 radical (unpaired) electrons. The van der Waals surface area contributed by atoms with Gasteiger partial charge in [-0.2, -0.15) is 0 Å². The van der Waals surface area contributed by atoms with Gasteiger partial charge in [-0.1, -0.05) is 19.9 Å². The smallest absolute Gasteiger partial charge is 0.339 e. The van der Waals surface area contributed by atoms with Crippen molar-refractivity contribution in [2.24, 2.45) is 5.92 Å². The average molecular weight is 328 g/mol. The standard InChI is InChI=1S/C19H24N2O3/c1-3-13-17(19(22)23)18(20)16-14(21-13)5-4-6-15(16)24-12-9-7-11(2)8-10-12/h4-6,11-12H,3,7-10H2,1-2H3,(H2,20,21)(H,22,23). The van der Waals surface area contributed by atoms with Gasteiger partial charge in [0.05, 0.1) is 28.4 Å². The zero-order valence-electron chi connectivity index (χ0n) is 14.2. The van der Waals surface area contributed by atoms with Crippen LogP contribution in [0.1, 0.15) is 55.6 Å². The third kappa shape index (κ3) is 3.03. The number of fused-ring (bicyclic) bond motifs is 1. The topological polar surface area (TPSA) is 85.4 Å². The maximum atomic E-state index is 11.6. The number of nitrogen functional groups attached to an aromatic ring is 1. The van der Waals surface area contributed by atoms with Crippen molar-refractivity contribution in [2.75, 3.05) is 5.73 Å². The molecule has 1 aromatic carbocycles. The van der Waals surface area contributed by atoms with Crippen LogP contribution in [0.15, 0.2) is 18.2 Å². The van der Waals surface area contributed by atoms with Gasteiger partial charge in [0.1, 0.15) is 11.3 Å². The molecule has 5 nitrogen and oxygen atoms in total. The molecule has 0 aliphatic heterocycles. The maximum absolute atomic E-state index is 11.6. The first-order valence-electron chi connectivity index (χ1n) is 8.62. The van der Waals surface area contributed by atoms with E-state index in [1.54, 1.807) is 0 Å². The van der Waals surface area contributed by atoms with Gasteiger partial charge in [-0.3, -0.25) is 4.98 Å². The highest BCUT2D eigenvalue weighted by atomic mass is 16.5. The summed E-state index contributed by atoms with van der Waals surface area (Å²) in [5.41, 5.74) is 7.77. The lowest BCUT2D eigenvalue weighted by Gasteiger charge is -2.27. The number of aromatic nitrogens is 1. The maximum Gasteiger partial charge on any atom is 0.339 e. The number of ether oxygens (including phenoxy) is 1. The molecule has 128 valence electrons. The van der Waals surface area contributed by atoms with Gasteiger partial charge in [0.15, 0.2) is 0 Å². The number of aryl methyl sites for hydroxylation is 1. The number of aromatic carboxylic acids is 1. The van der Waals surface area contributed by atoms with Crippen molar-refractivity contribution in [3.63, 3.8) is 0 Å². The molecular formula is C19H24N2O3. The molecule has 1 heterocycles. The first-order valence-corrected chi connectivity index (χ1v) is 8.62. The van der Waals surface area contributed by atoms with Gasteiger partial charge in [-0.15, -0.1) is 0 Å². The Labute approximate surface area is 141 Å². The molecule has 0 atom stereocenters. The summed E-state index contributed by atoms with van der Waals surface area (Å²) in [7, 11) is 0. The van der Waals surface area contributed by atoms with Crippen molar-refractivity contribution in [1.29, 1.82) is 0 Å². The summed E-state index contributed by atoms with van der Waals surface area (Å²) in [5, 5.41) is 10.1. The molecule has 24 heavy (non-hydrogen) atoms. The van der Waals surface area contributed by atoms with Crippen LogP contribution in [0.4, 0.5) is 5.69 Å². The molecule has 1 aliphatic carbocycles. The minimum absolute atomic E-state index is 0.0957. The van der Waals surface area contributed by atoms with Crippen molar-refractivity contribution in [1.82, 2.24) is 4.98 Å². The lowest BCUT2D eigenvalue weighted by molar-refractivity contribution is 0.0696. The summed E-state index contributed by atoms with van der Waals surface area (Å²) < 4.78 is 6.19. The van der Waals surface area contributed by atoms with E-state index in [0.29, 0.717) is 28.8 Å². The zero-order chi connectivity index (χ0) is 17.3. The highest BCUT2D eigenvalue weighted by Gasteiger charge is 2.23. The zero-order valence-corrected chi connectivity index (χ0v) is 14.2. The van der Waals surface area contributed by atoms with E-state index in [-0.39, 0.29) is 17.4 Å². The second-order valence-electron chi connectivity index (χ2n) is 6.66. The fourth-order valence-electron chi connectivity index (χ4n) is 3.48. The second-order valence-corrected chi connectivity index (χ2v) is 6.66. The molecule has 3 rings (SSSR count). The van der Waals surface area contributed by atoms with Gasteiger partial charge in [0.2, 0.25) is 0 Å². The van der Waals surface area contributed by atoms with E-state index in [1.807, 2.05) is 25.1 Å². The van der Waals surface area contributed by atoms with Crippen molar-refractivity contribution in [2.45, 2.75) is 52.1 Å². The van der Waals surface area contributed by atoms with Gasteiger partial charge in [0, 0.05) is 0 Å². The van der Waals surface area contributed by atoms with Crippen molar-refractivity contribution in [3.05, 3.63) is 29.5 Å². The first kappa shape index (κ1) is 16.6. The van der Waals surface area contributed by atoms with Crippen LogP contribution in [0.2, 0.25) is 0 Å². The lowest BCUT2D eigenvalue weighted by atomic mass is 9.89. The molecule has 0 bridgehead atoms.